The molecule has 0 bridgehead atoms. The molecule has 0 nitrogen and oxygen atoms in total. The molecule has 0 radical (unpaired) electrons. The smallest absolute Gasteiger partial charge is 0.159 e. The van der Waals surface area contributed by atoms with Crippen molar-refractivity contribution in [3.63, 3.8) is 0 Å². The van der Waals surface area contributed by atoms with E-state index in [0.29, 0.717) is 5.56 Å². The van der Waals surface area contributed by atoms with Crippen LogP contribution in [-0.2, 0) is 6.42 Å². The summed E-state index contributed by atoms with van der Waals surface area (Å²) in [5.74, 6) is -1.64. The summed E-state index contributed by atoms with van der Waals surface area (Å²) >= 11 is 3.51. The summed E-state index contributed by atoms with van der Waals surface area (Å²) in [5, 5.41) is 0. The summed E-state index contributed by atoms with van der Waals surface area (Å²) in [6, 6.07) is 12.1. The maximum Gasteiger partial charge on any atom is 0.159 e. The summed E-state index contributed by atoms with van der Waals surface area (Å²) in [4.78, 5) is -0.126. The first kappa shape index (κ1) is 13.2. The van der Waals surface area contributed by atoms with Gasteiger partial charge < -0.3 is 0 Å². The van der Waals surface area contributed by atoms with Gasteiger partial charge in [-0.15, -0.1) is 0 Å². The Bertz CT molecular complexity index is 535. The van der Waals surface area contributed by atoms with Crippen LogP contribution in [0, 0.1) is 11.6 Å². The molecule has 1 unspecified atom stereocenters. The monoisotopic (exact) mass is 310 g/mol. The summed E-state index contributed by atoms with van der Waals surface area (Å²) in [6.45, 7) is 2.09. The lowest BCUT2D eigenvalue weighted by Gasteiger charge is -2.11. The molecule has 0 saturated heterocycles. The van der Waals surface area contributed by atoms with E-state index in [-0.39, 0.29) is 4.83 Å². The van der Waals surface area contributed by atoms with E-state index in [1.165, 1.54) is 11.6 Å². The highest BCUT2D eigenvalue weighted by atomic mass is 79.9. The van der Waals surface area contributed by atoms with Gasteiger partial charge in [-0.05, 0) is 35.2 Å². The molecule has 0 heterocycles. The Morgan fingerprint density at radius 2 is 1.56 bits per heavy atom. The maximum atomic E-state index is 13.2. The van der Waals surface area contributed by atoms with E-state index < -0.39 is 11.6 Å². The number of aryl methyl sites for hydroxylation is 1. The molecule has 18 heavy (non-hydrogen) atoms. The average molecular weight is 311 g/mol. The van der Waals surface area contributed by atoms with Gasteiger partial charge in [-0.1, -0.05) is 53.2 Å². The van der Waals surface area contributed by atoms with Crippen molar-refractivity contribution in [2.24, 2.45) is 0 Å². The van der Waals surface area contributed by atoms with Crippen LogP contribution < -0.4 is 0 Å². The summed E-state index contributed by atoms with van der Waals surface area (Å²) in [5.41, 5.74) is 2.99. The fourth-order valence-electron chi connectivity index (χ4n) is 1.78. The molecular weight excluding hydrogens is 298 g/mol. The molecule has 2 aromatic carbocycles. The van der Waals surface area contributed by atoms with Gasteiger partial charge in [0.15, 0.2) is 11.6 Å². The Balaban J connectivity index is 2.28. The second kappa shape index (κ2) is 5.61. The highest BCUT2D eigenvalue weighted by Gasteiger charge is 2.12. The van der Waals surface area contributed by atoms with Gasteiger partial charge in [-0.2, -0.15) is 0 Å². The number of hydrogen-bond donors (Lipinski definition) is 0. The van der Waals surface area contributed by atoms with Crippen molar-refractivity contribution in [3.05, 3.63) is 70.8 Å². The lowest BCUT2D eigenvalue weighted by Crippen LogP contribution is -1.95. The van der Waals surface area contributed by atoms with Crippen molar-refractivity contribution in [1.82, 2.24) is 0 Å². The third kappa shape index (κ3) is 2.78. The Morgan fingerprint density at radius 1 is 0.944 bits per heavy atom. The van der Waals surface area contributed by atoms with Gasteiger partial charge >= 0.3 is 0 Å². The molecule has 0 spiro atoms. The fraction of sp³-hybridized carbons (Fsp3) is 0.200. The van der Waals surface area contributed by atoms with E-state index >= 15 is 0 Å². The van der Waals surface area contributed by atoms with E-state index in [4.69, 9.17) is 0 Å². The van der Waals surface area contributed by atoms with Crippen LogP contribution >= 0.6 is 15.9 Å². The van der Waals surface area contributed by atoms with Crippen molar-refractivity contribution < 1.29 is 8.78 Å². The quantitative estimate of drug-likeness (QED) is 0.699. The van der Waals surface area contributed by atoms with E-state index in [2.05, 4.69) is 22.9 Å². The van der Waals surface area contributed by atoms with Crippen LogP contribution in [0.3, 0.4) is 0 Å². The van der Waals surface area contributed by atoms with Gasteiger partial charge in [-0.25, -0.2) is 8.78 Å². The van der Waals surface area contributed by atoms with E-state index in [9.17, 15) is 8.78 Å². The average Bonchev–Trinajstić information content (AvgIpc) is 2.41. The molecule has 0 fully saturated rings. The maximum absolute atomic E-state index is 13.2. The Hall–Kier alpha value is -1.22. The normalized spacial score (nSPS) is 12.4. The molecule has 0 saturated carbocycles. The fourth-order valence-corrected chi connectivity index (χ4v) is 2.37. The van der Waals surface area contributed by atoms with Gasteiger partial charge in [0.1, 0.15) is 0 Å². The van der Waals surface area contributed by atoms with Gasteiger partial charge in [0, 0.05) is 0 Å². The number of rotatable bonds is 3. The molecule has 1 atom stereocenters. The molecule has 2 aromatic rings. The first-order chi connectivity index (χ1) is 8.61. The highest BCUT2D eigenvalue weighted by molar-refractivity contribution is 9.09. The topological polar surface area (TPSA) is 0 Å². The zero-order chi connectivity index (χ0) is 13.1. The number of halogens is 3. The van der Waals surface area contributed by atoms with Crippen molar-refractivity contribution >= 4 is 15.9 Å². The highest BCUT2D eigenvalue weighted by Crippen LogP contribution is 2.31. The summed E-state index contributed by atoms with van der Waals surface area (Å²) < 4.78 is 26.1. The molecular formula is C15H13BrF2. The Kier molecular flexibility index (Phi) is 4.12. The molecule has 2 rings (SSSR count). The summed E-state index contributed by atoms with van der Waals surface area (Å²) in [6.07, 6.45) is 0.985. The number of hydrogen-bond acceptors (Lipinski definition) is 0. The molecule has 0 aliphatic rings. The van der Waals surface area contributed by atoms with Crippen LogP contribution in [0.1, 0.15) is 28.4 Å². The zero-order valence-corrected chi connectivity index (χ0v) is 11.5. The van der Waals surface area contributed by atoms with E-state index in [0.717, 1.165) is 18.1 Å². The SMILES string of the molecule is CCc1ccc(C(Br)c2ccc(F)c(F)c2)cc1. The zero-order valence-electron chi connectivity index (χ0n) is 9.96. The molecule has 3 heteroatoms. The third-order valence-corrected chi connectivity index (χ3v) is 3.97. The van der Waals surface area contributed by atoms with Crippen LogP contribution in [0.25, 0.3) is 0 Å². The number of benzene rings is 2. The van der Waals surface area contributed by atoms with Crippen LogP contribution in [0.15, 0.2) is 42.5 Å². The van der Waals surface area contributed by atoms with Gasteiger partial charge in [0.05, 0.1) is 4.83 Å². The molecule has 0 aromatic heterocycles. The molecule has 0 aliphatic carbocycles. The van der Waals surface area contributed by atoms with Crippen LogP contribution in [0.5, 0.6) is 0 Å². The largest absolute Gasteiger partial charge is 0.204 e. The second-order valence-corrected chi connectivity index (χ2v) is 5.05. The van der Waals surface area contributed by atoms with Gasteiger partial charge in [0.25, 0.3) is 0 Å². The lowest BCUT2D eigenvalue weighted by molar-refractivity contribution is 0.507. The molecule has 0 aliphatic heterocycles. The third-order valence-electron chi connectivity index (χ3n) is 2.92. The van der Waals surface area contributed by atoms with Crippen molar-refractivity contribution in [1.29, 1.82) is 0 Å². The van der Waals surface area contributed by atoms with E-state index in [1.54, 1.807) is 6.07 Å². The van der Waals surface area contributed by atoms with Crippen molar-refractivity contribution in [2.45, 2.75) is 18.2 Å². The first-order valence-electron chi connectivity index (χ1n) is 5.79. The minimum atomic E-state index is -0.820. The predicted octanol–water partition coefficient (Wildman–Crippen LogP) is 5.01. The van der Waals surface area contributed by atoms with Crippen molar-refractivity contribution in [2.75, 3.05) is 0 Å². The first-order valence-corrected chi connectivity index (χ1v) is 6.71. The second-order valence-electron chi connectivity index (χ2n) is 4.13. The number of alkyl halides is 1. The molecule has 0 N–H and O–H groups in total. The Morgan fingerprint density at radius 3 is 2.11 bits per heavy atom. The van der Waals surface area contributed by atoms with Crippen molar-refractivity contribution in [3.8, 4) is 0 Å². The van der Waals surface area contributed by atoms with Crippen LogP contribution in [-0.4, -0.2) is 0 Å². The standard InChI is InChI=1S/C15H13BrF2/c1-2-10-3-5-11(6-4-10)15(16)12-7-8-13(17)14(18)9-12/h3-9,15H,2H2,1H3. The Labute approximate surface area is 114 Å². The minimum Gasteiger partial charge on any atom is -0.204 e. The van der Waals surface area contributed by atoms with E-state index in [1.807, 2.05) is 24.3 Å². The summed E-state index contributed by atoms with van der Waals surface area (Å²) in [7, 11) is 0. The van der Waals surface area contributed by atoms with Crippen LogP contribution in [0.2, 0.25) is 0 Å². The van der Waals surface area contributed by atoms with Gasteiger partial charge in [0.2, 0.25) is 0 Å². The lowest BCUT2D eigenvalue weighted by atomic mass is 10.0. The van der Waals surface area contributed by atoms with Gasteiger partial charge in [-0.3, -0.25) is 0 Å². The predicted molar refractivity (Wildman–Crippen MR) is 72.9 cm³/mol. The van der Waals surface area contributed by atoms with Crippen LogP contribution in [0.4, 0.5) is 8.78 Å². The minimum absolute atomic E-state index is 0.126. The molecule has 94 valence electrons. The molecule has 0 amide bonds.